The summed E-state index contributed by atoms with van der Waals surface area (Å²) in [5.74, 6) is -0.478. The maximum absolute atomic E-state index is 10.9. The van der Waals surface area contributed by atoms with Gasteiger partial charge in [-0.2, -0.15) is 4.98 Å². The molecule has 19 heavy (non-hydrogen) atoms. The standard InChI is InChI=1S/C13H11BrN2O3/c1-7-3-4-11(10(14)5-7)19-13-15-6-9(12(17)18)8(2)16-13/h3-6H,1-2H3,(H,17,18). The Morgan fingerprint density at radius 3 is 2.68 bits per heavy atom. The third-order valence-corrected chi connectivity index (χ3v) is 3.10. The maximum atomic E-state index is 10.9. The fourth-order valence-corrected chi connectivity index (χ4v) is 2.07. The van der Waals surface area contributed by atoms with Gasteiger partial charge >= 0.3 is 12.0 Å². The van der Waals surface area contributed by atoms with Crippen LogP contribution in [-0.2, 0) is 0 Å². The number of ether oxygens (including phenoxy) is 1. The van der Waals surface area contributed by atoms with E-state index in [1.54, 1.807) is 13.0 Å². The molecule has 0 saturated carbocycles. The van der Waals surface area contributed by atoms with E-state index in [-0.39, 0.29) is 11.6 Å². The molecule has 1 aromatic heterocycles. The smallest absolute Gasteiger partial charge is 0.339 e. The molecule has 6 heteroatoms. The second-order valence-corrected chi connectivity index (χ2v) is 4.85. The van der Waals surface area contributed by atoms with Crippen LogP contribution >= 0.6 is 15.9 Å². The predicted molar refractivity (Wildman–Crippen MR) is 72.7 cm³/mol. The fraction of sp³-hybridized carbons (Fsp3) is 0.154. The zero-order valence-electron chi connectivity index (χ0n) is 10.3. The molecule has 2 rings (SSSR count). The topological polar surface area (TPSA) is 72.3 Å². The van der Waals surface area contributed by atoms with Crippen molar-refractivity contribution in [1.29, 1.82) is 0 Å². The van der Waals surface area contributed by atoms with Crippen LogP contribution in [0, 0.1) is 13.8 Å². The Morgan fingerprint density at radius 1 is 1.37 bits per heavy atom. The van der Waals surface area contributed by atoms with Crippen molar-refractivity contribution in [1.82, 2.24) is 9.97 Å². The number of rotatable bonds is 3. The number of benzene rings is 1. The summed E-state index contributed by atoms with van der Waals surface area (Å²) in [7, 11) is 0. The van der Waals surface area contributed by atoms with E-state index in [1.807, 2.05) is 19.1 Å². The van der Waals surface area contributed by atoms with E-state index in [1.165, 1.54) is 6.20 Å². The van der Waals surface area contributed by atoms with Gasteiger partial charge in [0.25, 0.3) is 0 Å². The number of nitrogens with zero attached hydrogens (tertiary/aromatic N) is 2. The molecule has 1 heterocycles. The Bertz CT molecular complexity index is 644. The first-order chi connectivity index (χ1) is 8.97. The largest absolute Gasteiger partial charge is 0.478 e. The van der Waals surface area contributed by atoms with Crippen molar-refractivity contribution in [2.75, 3.05) is 0 Å². The third kappa shape index (κ3) is 3.08. The van der Waals surface area contributed by atoms with E-state index in [0.29, 0.717) is 11.4 Å². The van der Waals surface area contributed by atoms with Gasteiger partial charge in [-0.05, 0) is 47.5 Å². The van der Waals surface area contributed by atoms with Crippen molar-refractivity contribution >= 4 is 21.9 Å². The van der Waals surface area contributed by atoms with Crippen LogP contribution in [0.1, 0.15) is 21.6 Å². The number of carbonyl (C=O) groups is 1. The molecule has 0 atom stereocenters. The predicted octanol–water partition coefficient (Wildman–Crippen LogP) is 3.35. The molecule has 0 spiro atoms. The number of carboxylic acids is 1. The Morgan fingerprint density at radius 2 is 2.11 bits per heavy atom. The van der Waals surface area contributed by atoms with Gasteiger partial charge in [0.1, 0.15) is 5.75 Å². The summed E-state index contributed by atoms with van der Waals surface area (Å²) >= 11 is 3.39. The molecule has 0 bridgehead atoms. The zero-order chi connectivity index (χ0) is 14.0. The first-order valence-corrected chi connectivity index (χ1v) is 6.27. The highest BCUT2D eigenvalue weighted by Crippen LogP contribution is 2.28. The van der Waals surface area contributed by atoms with Crippen LogP contribution in [0.3, 0.4) is 0 Å². The molecule has 1 aromatic carbocycles. The van der Waals surface area contributed by atoms with Crippen molar-refractivity contribution in [2.45, 2.75) is 13.8 Å². The molecule has 0 aliphatic heterocycles. The summed E-state index contributed by atoms with van der Waals surface area (Å²) in [5, 5.41) is 8.89. The Labute approximate surface area is 118 Å². The van der Waals surface area contributed by atoms with Crippen LogP contribution < -0.4 is 4.74 Å². The van der Waals surface area contributed by atoms with Gasteiger partial charge in [0.05, 0.1) is 15.7 Å². The van der Waals surface area contributed by atoms with Gasteiger partial charge in [0.2, 0.25) is 0 Å². The van der Waals surface area contributed by atoms with Crippen molar-refractivity contribution in [3.05, 3.63) is 45.7 Å². The summed E-state index contributed by atoms with van der Waals surface area (Å²) < 4.78 is 6.31. The Hall–Kier alpha value is -1.95. The van der Waals surface area contributed by atoms with Crippen molar-refractivity contribution in [3.8, 4) is 11.8 Å². The molecule has 0 aliphatic carbocycles. The van der Waals surface area contributed by atoms with Crippen LogP contribution in [0.2, 0.25) is 0 Å². The number of halogens is 1. The summed E-state index contributed by atoms with van der Waals surface area (Å²) in [6, 6.07) is 5.72. The number of carboxylic acid groups (broad SMARTS) is 1. The fourth-order valence-electron chi connectivity index (χ4n) is 1.49. The number of aromatic nitrogens is 2. The lowest BCUT2D eigenvalue weighted by atomic mass is 10.2. The van der Waals surface area contributed by atoms with Gasteiger partial charge in [-0.25, -0.2) is 9.78 Å². The van der Waals surface area contributed by atoms with Crippen LogP contribution in [0.5, 0.6) is 11.8 Å². The number of hydrogen-bond acceptors (Lipinski definition) is 4. The molecule has 0 unspecified atom stereocenters. The van der Waals surface area contributed by atoms with Gasteiger partial charge in [0.15, 0.2) is 0 Å². The van der Waals surface area contributed by atoms with Gasteiger partial charge in [-0.15, -0.1) is 0 Å². The second kappa shape index (κ2) is 5.36. The van der Waals surface area contributed by atoms with Crippen LogP contribution in [0.4, 0.5) is 0 Å². The summed E-state index contributed by atoms with van der Waals surface area (Å²) in [4.78, 5) is 18.8. The SMILES string of the molecule is Cc1ccc(Oc2ncc(C(=O)O)c(C)n2)c(Br)c1. The van der Waals surface area contributed by atoms with E-state index in [4.69, 9.17) is 9.84 Å². The number of aromatic carboxylic acids is 1. The minimum Gasteiger partial charge on any atom is -0.478 e. The monoisotopic (exact) mass is 322 g/mol. The molecule has 0 saturated heterocycles. The first kappa shape index (κ1) is 13.5. The van der Waals surface area contributed by atoms with Crippen LogP contribution in [-0.4, -0.2) is 21.0 Å². The summed E-state index contributed by atoms with van der Waals surface area (Å²) in [6.45, 7) is 3.57. The average molecular weight is 323 g/mol. The van der Waals surface area contributed by atoms with Gasteiger partial charge in [-0.3, -0.25) is 0 Å². The van der Waals surface area contributed by atoms with E-state index < -0.39 is 5.97 Å². The first-order valence-electron chi connectivity index (χ1n) is 5.48. The quantitative estimate of drug-likeness (QED) is 0.938. The molecule has 0 amide bonds. The number of hydrogen-bond donors (Lipinski definition) is 1. The third-order valence-electron chi connectivity index (χ3n) is 2.48. The maximum Gasteiger partial charge on any atom is 0.339 e. The average Bonchev–Trinajstić information content (AvgIpc) is 2.32. The normalized spacial score (nSPS) is 10.3. The van der Waals surface area contributed by atoms with Crippen molar-refractivity contribution < 1.29 is 14.6 Å². The molecular weight excluding hydrogens is 312 g/mol. The van der Waals surface area contributed by atoms with Gasteiger partial charge in [0, 0.05) is 6.20 Å². The Balaban J connectivity index is 2.29. The van der Waals surface area contributed by atoms with Crippen molar-refractivity contribution in [2.24, 2.45) is 0 Å². The van der Waals surface area contributed by atoms with E-state index in [2.05, 4.69) is 25.9 Å². The molecular formula is C13H11BrN2O3. The van der Waals surface area contributed by atoms with Crippen molar-refractivity contribution in [3.63, 3.8) is 0 Å². The lowest BCUT2D eigenvalue weighted by Crippen LogP contribution is -2.04. The highest BCUT2D eigenvalue weighted by atomic mass is 79.9. The summed E-state index contributed by atoms with van der Waals surface area (Å²) in [5.41, 5.74) is 1.52. The van der Waals surface area contributed by atoms with E-state index >= 15 is 0 Å². The molecule has 0 aliphatic rings. The molecule has 5 nitrogen and oxygen atoms in total. The van der Waals surface area contributed by atoms with Crippen LogP contribution in [0.25, 0.3) is 0 Å². The van der Waals surface area contributed by atoms with Gasteiger partial charge < -0.3 is 9.84 Å². The van der Waals surface area contributed by atoms with E-state index in [9.17, 15) is 4.79 Å². The molecule has 98 valence electrons. The minimum absolute atomic E-state index is 0.0651. The molecule has 0 radical (unpaired) electrons. The highest BCUT2D eigenvalue weighted by Gasteiger charge is 2.11. The second-order valence-electron chi connectivity index (χ2n) is 3.99. The molecule has 2 aromatic rings. The lowest BCUT2D eigenvalue weighted by molar-refractivity contribution is 0.0695. The molecule has 0 fully saturated rings. The lowest BCUT2D eigenvalue weighted by Gasteiger charge is -2.07. The van der Waals surface area contributed by atoms with Crippen LogP contribution in [0.15, 0.2) is 28.9 Å². The minimum atomic E-state index is -1.06. The number of aryl methyl sites for hydroxylation is 2. The highest BCUT2D eigenvalue weighted by molar-refractivity contribution is 9.10. The van der Waals surface area contributed by atoms with E-state index in [0.717, 1.165) is 10.0 Å². The zero-order valence-corrected chi connectivity index (χ0v) is 11.9. The summed E-state index contributed by atoms with van der Waals surface area (Å²) in [6.07, 6.45) is 1.24. The Kier molecular flexibility index (Phi) is 3.80. The van der Waals surface area contributed by atoms with Gasteiger partial charge in [-0.1, -0.05) is 6.07 Å². The molecule has 1 N–H and O–H groups in total.